The lowest BCUT2D eigenvalue weighted by Gasteiger charge is -2.22. The van der Waals surface area contributed by atoms with Crippen LogP contribution in [0.2, 0.25) is 0 Å². The van der Waals surface area contributed by atoms with Crippen LogP contribution in [0.4, 0.5) is 17.6 Å². The SMILES string of the molecule is CNC(c1ccccc1C(F)(F)F)c1cccc(C)c1F. The summed E-state index contributed by atoms with van der Waals surface area (Å²) in [6, 6.07) is 9.07. The third kappa shape index (κ3) is 3.08. The molecule has 0 heterocycles. The summed E-state index contributed by atoms with van der Waals surface area (Å²) in [7, 11) is 1.51. The van der Waals surface area contributed by atoms with E-state index in [1.165, 1.54) is 31.3 Å². The second kappa shape index (κ2) is 5.85. The molecule has 21 heavy (non-hydrogen) atoms. The smallest absolute Gasteiger partial charge is 0.309 e. The first-order valence-corrected chi connectivity index (χ1v) is 6.44. The highest BCUT2D eigenvalue weighted by atomic mass is 19.4. The summed E-state index contributed by atoms with van der Waals surface area (Å²) in [5.74, 6) is -0.492. The van der Waals surface area contributed by atoms with E-state index in [0.29, 0.717) is 5.56 Å². The van der Waals surface area contributed by atoms with Crippen molar-refractivity contribution >= 4 is 0 Å². The maximum absolute atomic E-state index is 14.2. The third-order valence-electron chi connectivity index (χ3n) is 3.40. The number of hydrogen-bond donors (Lipinski definition) is 1. The molecule has 0 saturated heterocycles. The van der Waals surface area contributed by atoms with Crippen LogP contribution in [0.25, 0.3) is 0 Å². The van der Waals surface area contributed by atoms with Crippen molar-refractivity contribution < 1.29 is 17.6 Å². The van der Waals surface area contributed by atoms with Gasteiger partial charge in [0.2, 0.25) is 0 Å². The Morgan fingerprint density at radius 3 is 2.19 bits per heavy atom. The second-order valence-corrected chi connectivity index (χ2v) is 4.78. The van der Waals surface area contributed by atoms with Crippen molar-refractivity contribution in [3.8, 4) is 0 Å². The molecule has 1 unspecified atom stereocenters. The molecule has 2 aromatic carbocycles. The number of rotatable bonds is 3. The van der Waals surface area contributed by atoms with E-state index >= 15 is 0 Å². The lowest BCUT2D eigenvalue weighted by molar-refractivity contribution is -0.138. The van der Waals surface area contributed by atoms with E-state index in [1.54, 1.807) is 19.1 Å². The molecule has 0 aliphatic heterocycles. The van der Waals surface area contributed by atoms with Gasteiger partial charge in [-0.25, -0.2) is 4.39 Å². The van der Waals surface area contributed by atoms with Crippen LogP contribution in [-0.2, 0) is 6.18 Å². The molecule has 1 atom stereocenters. The van der Waals surface area contributed by atoms with E-state index in [4.69, 9.17) is 0 Å². The fourth-order valence-corrected chi connectivity index (χ4v) is 2.38. The molecule has 1 nitrogen and oxygen atoms in total. The van der Waals surface area contributed by atoms with Crippen LogP contribution in [0, 0.1) is 12.7 Å². The van der Waals surface area contributed by atoms with Crippen LogP contribution in [0.1, 0.15) is 28.3 Å². The predicted molar refractivity (Wildman–Crippen MR) is 73.5 cm³/mol. The number of benzene rings is 2. The summed E-state index contributed by atoms with van der Waals surface area (Å²) in [5, 5.41) is 2.78. The number of nitrogens with one attached hydrogen (secondary N) is 1. The molecule has 0 bridgehead atoms. The second-order valence-electron chi connectivity index (χ2n) is 4.78. The molecular formula is C16H15F4N. The van der Waals surface area contributed by atoms with Crippen molar-refractivity contribution in [2.75, 3.05) is 7.05 Å². The highest BCUT2D eigenvalue weighted by Gasteiger charge is 2.35. The zero-order valence-corrected chi connectivity index (χ0v) is 11.6. The van der Waals surface area contributed by atoms with Crippen molar-refractivity contribution in [2.45, 2.75) is 19.1 Å². The van der Waals surface area contributed by atoms with Gasteiger partial charge in [0.05, 0.1) is 11.6 Å². The van der Waals surface area contributed by atoms with Gasteiger partial charge in [0, 0.05) is 5.56 Å². The van der Waals surface area contributed by atoms with E-state index in [2.05, 4.69) is 5.32 Å². The van der Waals surface area contributed by atoms with Crippen molar-refractivity contribution in [3.05, 3.63) is 70.5 Å². The van der Waals surface area contributed by atoms with Crippen LogP contribution in [0.5, 0.6) is 0 Å². The molecule has 0 amide bonds. The Balaban J connectivity index is 2.60. The molecule has 2 aromatic rings. The van der Waals surface area contributed by atoms with Gasteiger partial charge in [0.1, 0.15) is 5.82 Å². The van der Waals surface area contributed by atoms with Gasteiger partial charge in [-0.2, -0.15) is 13.2 Å². The summed E-state index contributed by atoms with van der Waals surface area (Å²) in [4.78, 5) is 0. The van der Waals surface area contributed by atoms with E-state index in [9.17, 15) is 17.6 Å². The topological polar surface area (TPSA) is 12.0 Å². The Bertz CT molecular complexity index is 634. The molecular weight excluding hydrogens is 282 g/mol. The van der Waals surface area contributed by atoms with Gasteiger partial charge in [-0.3, -0.25) is 0 Å². The van der Waals surface area contributed by atoms with Crippen molar-refractivity contribution in [1.29, 1.82) is 0 Å². The molecule has 0 radical (unpaired) electrons. The quantitative estimate of drug-likeness (QED) is 0.825. The van der Waals surface area contributed by atoms with Crippen LogP contribution >= 0.6 is 0 Å². The first-order valence-electron chi connectivity index (χ1n) is 6.44. The first kappa shape index (κ1) is 15.5. The molecule has 5 heteroatoms. The molecule has 0 aliphatic carbocycles. The standard InChI is InChI=1S/C16H15F4N/c1-10-6-5-8-12(14(10)17)15(21-2)11-7-3-4-9-13(11)16(18,19)20/h3-9,15,21H,1-2H3. The third-order valence-corrected chi connectivity index (χ3v) is 3.40. The van der Waals surface area contributed by atoms with Crippen LogP contribution in [-0.4, -0.2) is 7.05 Å². The zero-order chi connectivity index (χ0) is 15.6. The molecule has 112 valence electrons. The summed E-state index contributed by atoms with van der Waals surface area (Å²) >= 11 is 0. The van der Waals surface area contributed by atoms with Crippen LogP contribution in [0.15, 0.2) is 42.5 Å². The fraction of sp³-hybridized carbons (Fsp3) is 0.250. The zero-order valence-electron chi connectivity index (χ0n) is 11.6. The van der Waals surface area contributed by atoms with Gasteiger partial charge < -0.3 is 5.32 Å². The first-order chi connectivity index (χ1) is 9.86. The maximum atomic E-state index is 14.2. The molecule has 0 aromatic heterocycles. The average molecular weight is 297 g/mol. The molecule has 0 saturated carbocycles. The van der Waals surface area contributed by atoms with Crippen LogP contribution < -0.4 is 5.32 Å². The van der Waals surface area contributed by atoms with Crippen molar-refractivity contribution in [3.63, 3.8) is 0 Å². The fourth-order valence-electron chi connectivity index (χ4n) is 2.38. The minimum absolute atomic E-state index is 0.0111. The summed E-state index contributed by atoms with van der Waals surface area (Å²) < 4.78 is 53.6. The van der Waals surface area contributed by atoms with Gasteiger partial charge in [0.25, 0.3) is 0 Å². The van der Waals surface area contributed by atoms with Crippen molar-refractivity contribution in [2.24, 2.45) is 0 Å². The Labute approximate surface area is 120 Å². The minimum atomic E-state index is -4.48. The van der Waals surface area contributed by atoms with Gasteiger partial charge in [-0.15, -0.1) is 0 Å². The number of aryl methyl sites for hydroxylation is 1. The predicted octanol–water partition coefficient (Wildman–Crippen LogP) is 4.46. The lowest BCUT2D eigenvalue weighted by atomic mass is 9.93. The minimum Gasteiger partial charge on any atom is -0.309 e. The van der Waals surface area contributed by atoms with E-state index in [0.717, 1.165) is 6.07 Å². The van der Waals surface area contributed by atoms with Crippen molar-refractivity contribution in [1.82, 2.24) is 5.32 Å². The molecule has 1 N–H and O–H groups in total. The van der Waals surface area contributed by atoms with E-state index in [-0.39, 0.29) is 11.1 Å². The molecule has 0 aliphatic rings. The maximum Gasteiger partial charge on any atom is 0.416 e. The van der Waals surface area contributed by atoms with Crippen LogP contribution in [0.3, 0.4) is 0 Å². The van der Waals surface area contributed by atoms with Gasteiger partial charge in [-0.05, 0) is 31.2 Å². The molecule has 0 spiro atoms. The van der Waals surface area contributed by atoms with E-state index < -0.39 is 23.6 Å². The van der Waals surface area contributed by atoms with Gasteiger partial charge in [-0.1, -0.05) is 36.4 Å². The average Bonchev–Trinajstić information content (AvgIpc) is 2.44. The largest absolute Gasteiger partial charge is 0.416 e. The normalized spacial score (nSPS) is 13.2. The summed E-state index contributed by atoms with van der Waals surface area (Å²) in [6.45, 7) is 1.58. The number of halogens is 4. The number of hydrogen-bond acceptors (Lipinski definition) is 1. The lowest BCUT2D eigenvalue weighted by Crippen LogP contribution is -2.23. The van der Waals surface area contributed by atoms with Gasteiger partial charge in [0.15, 0.2) is 0 Å². The Morgan fingerprint density at radius 1 is 0.952 bits per heavy atom. The Hall–Kier alpha value is -1.88. The monoisotopic (exact) mass is 297 g/mol. The summed E-state index contributed by atoms with van der Waals surface area (Å²) in [5.41, 5.74) is -0.145. The highest BCUT2D eigenvalue weighted by molar-refractivity contribution is 5.40. The number of alkyl halides is 3. The Kier molecular flexibility index (Phi) is 4.32. The van der Waals surface area contributed by atoms with E-state index in [1.807, 2.05) is 0 Å². The Morgan fingerprint density at radius 2 is 1.57 bits per heavy atom. The summed E-state index contributed by atoms with van der Waals surface area (Å²) in [6.07, 6.45) is -4.48. The van der Waals surface area contributed by atoms with Gasteiger partial charge >= 0.3 is 6.18 Å². The molecule has 2 rings (SSSR count). The molecule has 0 fully saturated rings. The highest BCUT2D eigenvalue weighted by Crippen LogP contribution is 2.37.